The van der Waals surface area contributed by atoms with Crippen LogP contribution in [-0.2, 0) is 9.59 Å². The van der Waals surface area contributed by atoms with Crippen LogP contribution in [0.4, 0.5) is 15.8 Å². The van der Waals surface area contributed by atoms with Crippen molar-refractivity contribution in [3.63, 3.8) is 0 Å². The Morgan fingerprint density at radius 3 is 2.57 bits per heavy atom. The van der Waals surface area contributed by atoms with E-state index in [4.69, 9.17) is 0 Å². The van der Waals surface area contributed by atoms with Gasteiger partial charge in [-0.3, -0.25) is 9.59 Å². The summed E-state index contributed by atoms with van der Waals surface area (Å²) in [6, 6.07) is 11.9. The number of anilines is 2. The lowest BCUT2D eigenvalue weighted by molar-refractivity contribution is -0.114. The molecule has 2 amide bonds. The number of halogens is 1. The number of hydrogen-bond donors (Lipinski definition) is 2. The van der Waals surface area contributed by atoms with E-state index in [0.29, 0.717) is 5.69 Å². The summed E-state index contributed by atoms with van der Waals surface area (Å²) in [5, 5.41) is 5.08. The second kappa shape index (κ2) is 7.78. The van der Waals surface area contributed by atoms with Crippen molar-refractivity contribution >= 4 is 35.0 Å². The fourth-order valence-electron chi connectivity index (χ4n) is 1.95. The maximum atomic E-state index is 13.5. The predicted molar refractivity (Wildman–Crippen MR) is 91.2 cm³/mol. The Balaban J connectivity index is 1.97. The van der Waals surface area contributed by atoms with Crippen molar-refractivity contribution in [3.8, 4) is 0 Å². The van der Waals surface area contributed by atoms with Crippen LogP contribution in [0.1, 0.15) is 12.5 Å². The largest absolute Gasteiger partial charge is 0.325 e. The standard InChI is InChI=1S/C17H17FN2O2S/c1-11-5-3-4-6-16(11)23-10-17(22)20-13-7-8-14(18)15(9-13)19-12(2)21/h3-9H,10H2,1-2H3,(H,19,21)(H,20,22). The zero-order valence-corrected chi connectivity index (χ0v) is 13.7. The Kier molecular flexibility index (Phi) is 5.76. The molecule has 0 fully saturated rings. The van der Waals surface area contributed by atoms with E-state index in [0.717, 1.165) is 10.5 Å². The van der Waals surface area contributed by atoms with Crippen LogP contribution >= 0.6 is 11.8 Å². The number of benzene rings is 2. The van der Waals surface area contributed by atoms with Gasteiger partial charge >= 0.3 is 0 Å². The third-order valence-electron chi connectivity index (χ3n) is 3.01. The van der Waals surface area contributed by atoms with E-state index >= 15 is 0 Å². The molecule has 2 rings (SSSR count). The van der Waals surface area contributed by atoms with Crippen LogP contribution in [0.2, 0.25) is 0 Å². The molecule has 0 saturated carbocycles. The molecule has 120 valence electrons. The van der Waals surface area contributed by atoms with Gasteiger partial charge in [0.2, 0.25) is 11.8 Å². The second-order valence-electron chi connectivity index (χ2n) is 4.98. The zero-order valence-electron chi connectivity index (χ0n) is 12.9. The molecule has 0 spiro atoms. The molecular weight excluding hydrogens is 315 g/mol. The van der Waals surface area contributed by atoms with Gasteiger partial charge in [-0.1, -0.05) is 18.2 Å². The first-order valence-corrected chi connectivity index (χ1v) is 7.99. The summed E-state index contributed by atoms with van der Waals surface area (Å²) >= 11 is 1.44. The molecule has 2 aromatic rings. The molecule has 0 saturated heterocycles. The highest BCUT2D eigenvalue weighted by Crippen LogP contribution is 2.23. The van der Waals surface area contributed by atoms with Crippen LogP contribution in [0.3, 0.4) is 0 Å². The summed E-state index contributed by atoms with van der Waals surface area (Å²) in [4.78, 5) is 24.1. The van der Waals surface area contributed by atoms with Gasteiger partial charge in [0.1, 0.15) is 5.82 Å². The lowest BCUT2D eigenvalue weighted by Crippen LogP contribution is -2.15. The number of rotatable bonds is 5. The number of aryl methyl sites for hydroxylation is 1. The van der Waals surface area contributed by atoms with E-state index < -0.39 is 5.82 Å². The van der Waals surface area contributed by atoms with E-state index in [9.17, 15) is 14.0 Å². The first-order chi connectivity index (χ1) is 11.0. The van der Waals surface area contributed by atoms with E-state index in [1.807, 2.05) is 31.2 Å². The predicted octanol–water partition coefficient (Wildman–Crippen LogP) is 3.82. The van der Waals surface area contributed by atoms with E-state index in [1.54, 1.807) is 0 Å². The number of amides is 2. The van der Waals surface area contributed by atoms with Gasteiger partial charge in [-0.15, -0.1) is 11.8 Å². The fourth-order valence-corrected chi connectivity index (χ4v) is 2.78. The normalized spacial score (nSPS) is 10.2. The molecule has 6 heteroatoms. The van der Waals surface area contributed by atoms with Crippen LogP contribution in [-0.4, -0.2) is 17.6 Å². The highest BCUT2D eigenvalue weighted by Gasteiger charge is 2.09. The molecule has 0 unspecified atom stereocenters. The first-order valence-electron chi connectivity index (χ1n) is 7.01. The molecule has 2 aromatic carbocycles. The van der Waals surface area contributed by atoms with Crippen molar-refractivity contribution in [2.45, 2.75) is 18.7 Å². The molecule has 0 aliphatic rings. The Morgan fingerprint density at radius 1 is 1.13 bits per heavy atom. The van der Waals surface area contributed by atoms with Crippen molar-refractivity contribution in [1.82, 2.24) is 0 Å². The summed E-state index contributed by atoms with van der Waals surface area (Å²) in [7, 11) is 0. The van der Waals surface area contributed by atoms with E-state index in [2.05, 4.69) is 10.6 Å². The van der Waals surface area contributed by atoms with Crippen LogP contribution in [0.25, 0.3) is 0 Å². The number of thioether (sulfide) groups is 1. The average Bonchev–Trinajstić information content (AvgIpc) is 2.49. The van der Waals surface area contributed by atoms with Crippen LogP contribution in [0.5, 0.6) is 0 Å². The highest BCUT2D eigenvalue weighted by atomic mass is 32.2. The summed E-state index contributed by atoms with van der Waals surface area (Å²) < 4.78 is 13.5. The molecule has 23 heavy (non-hydrogen) atoms. The van der Waals surface area contributed by atoms with Crippen molar-refractivity contribution in [2.24, 2.45) is 0 Å². The lowest BCUT2D eigenvalue weighted by Gasteiger charge is -2.09. The van der Waals surface area contributed by atoms with Crippen LogP contribution < -0.4 is 10.6 Å². The van der Waals surface area contributed by atoms with Crippen LogP contribution in [0.15, 0.2) is 47.4 Å². The Hall–Kier alpha value is -2.34. The zero-order chi connectivity index (χ0) is 16.8. The highest BCUT2D eigenvalue weighted by molar-refractivity contribution is 8.00. The van der Waals surface area contributed by atoms with Gasteiger partial charge in [-0.05, 0) is 36.8 Å². The number of hydrogen-bond acceptors (Lipinski definition) is 3. The topological polar surface area (TPSA) is 58.2 Å². The third kappa shape index (κ3) is 5.10. The first kappa shape index (κ1) is 17.0. The van der Waals surface area contributed by atoms with Gasteiger partial charge < -0.3 is 10.6 Å². The smallest absolute Gasteiger partial charge is 0.234 e. The molecule has 0 radical (unpaired) electrons. The molecule has 4 nitrogen and oxygen atoms in total. The summed E-state index contributed by atoms with van der Waals surface area (Å²) in [5.41, 5.74) is 1.59. The van der Waals surface area contributed by atoms with Crippen molar-refractivity contribution in [2.75, 3.05) is 16.4 Å². The second-order valence-corrected chi connectivity index (χ2v) is 6.00. The van der Waals surface area contributed by atoms with Gasteiger partial charge in [0, 0.05) is 17.5 Å². The number of nitrogens with one attached hydrogen (secondary N) is 2. The molecule has 0 bridgehead atoms. The summed E-state index contributed by atoms with van der Waals surface area (Å²) in [6.45, 7) is 3.28. The van der Waals surface area contributed by atoms with E-state index in [-0.39, 0.29) is 23.3 Å². The lowest BCUT2D eigenvalue weighted by atomic mass is 10.2. The Bertz CT molecular complexity index is 734. The minimum atomic E-state index is -0.549. The van der Waals surface area contributed by atoms with Crippen molar-refractivity contribution < 1.29 is 14.0 Å². The SMILES string of the molecule is CC(=O)Nc1cc(NC(=O)CSc2ccccc2C)ccc1F. The molecule has 2 N–H and O–H groups in total. The van der Waals surface area contributed by atoms with Gasteiger partial charge in [0.25, 0.3) is 0 Å². The number of carbonyl (C=O) groups is 2. The molecule has 0 aliphatic heterocycles. The van der Waals surface area contributed by atoms with Gasteiger partial charge in [-0.25, -0.2) is 4.39 Å². The van der Waals surface area contributed by atoms with Crippen molar-refractivity contribution in [1.29, 1.82) is 0 Å². The van der Waals surface area contributed by atoms with Gasteiger partial charge in [0.05, 0.1) is 11.4 Å². The molecular formula is C17H17FN2O2S. The van der Waals surface area contributed by atoms with E-state index in [1.165, 1.54) is 36.9 Å². The molecule has 0 aromatic heterocycles. The van der Waals surface area contributed by atoms with Gasteiger partial charge in [-0.2, -0.15) is 0 Å². The maximum Gasteiger partial charge on any atom is 0.234 e. The minimum absolute atomic E-state index is 0.0434. The summed E-state index contributed by atoms with van der Waals surface area (Å²) in [6.07, 6.45) is 0. The monoisotopic (exact) mass is 332 g/mol. The number of carbonyl (C=O) groups excluding carboxylic acids is 2. The third-order valence-corrected chi connectivity index (χ3v) is 4.19. The summed E-state index contributed by atoms with van der Waals surface area (Å²) in [5.74, 6) is -0.869. The maximum absolute atomic E-state index is 13.5. The van der Waals surface area contributed by atoms with Crippen molar-refractivity contribution in [3.05, 3.63) is 53.8 Å². The van der Waals surface area contributed by atoms with Crippen LogP contribution in [0, 0.1) is 12.7 Å². The Morgan fingerprint density at radius 2 is 1.87 bits per heavy atom. The molecule has 0 heterocycles. The Labute approximate surface area is 138 Å². The fraction of sp³-hybridized carbons (Fsp3) is 0.176. The quantitative estimate of drug-likeness (QED) is 0.818. The molecule has 0 atom stereocenters. The molecule has 0 aliphatic carbocycles. The average molecular weight is 332 g/mol. The van der Waals surface area contributed by atoms with Gasteiger partial charge in [0.15, 0.2) is 0 Å². The minimum Gasteiger partial charge on any atom is -0.325 e.